The van der Waals surface area contributed by atoms with Gasteiger partial charge in [0.05, 0.1) is 6.54 Å². The van der Waals surface area contributed by atoms with Crippen LogP contribution in [0.1, 0.15) is 5.56 Å². The summed E-state index contributed by atoms with van der Waals surface area (Å²) in [5, 5.41) is 6.22. The number of halogens is 1. The molecule has 0 aromatic heterocycles. The van der Waals surface area contributed by atoms with Crippen LogP contribution in [-0.2, 0) is 0 Å². The van der Waals surface area contributed by atoms with Crippen molar-refractivity contribution in [2.45, 2.75) is 6.92 Å². The van der Waals surface area contributed by atoms with Gasteiger partial charge in [-0.05, 0) is 55.0 Å². The molecule has 2 rings (SSSR count). The van der Waals surface area contributed by atoms with E-state index >= 15 is 0 Å². The minimum atomic E-state index is -0.260. The number of rotatable bonds is 6. The van der Waals surface area contributed by atoms with E-state index in [1.807, 2.05) is 62.3 Å². The summed E-state index contributed by atoms with van der Waals surface area (Å²) < 4.78 is 5.63. The van der Waals surface area contributed by atoms with Gasteiger partial charge < -0.3 is 20.3 Å². The van der Waals surface area contributed by atoms with Gasteiger partial charge in [-0.25, -0.2) is 4.79 Å². The molecule has 0 bridgehead atoms. The second-order valence-electron chi connectivity index (χ2n) is 5.58. The second kappa shape index (κ2) is 8.45. The number of benzene rings is 2. The first-order chi connectivity index (χ1) is 11.5. The van der Waals surface area contributed by atoms with Crippen LogP contribution in [0.15, 0.2) is 42.5 Å². The lowest BCUT2D eigenvalue weighted by molar-refractivity contribution is 0.247. The normalized spacial score (nSPS) is 10.2. The highest BCUT2D eigenvalue weighted by Crippen LogP contribution is 2.21. The number of carbonyl (C=O) groups is 1. The van der Waals surface area contributed by atoms with Gasteiger partial charge in [0, 0.05) is 30.5 Å². The molecule has 5 nitrogen and oxygen atoms in total. The molecule has 2 aromatic rings. The Labute approximate surface area is 147 Å². The average molecular weight is 348 g/mol. The molecule has 0 fully saturated rings. The number of nitrogens with one attached hydrogen (secondary N) is 2. The largest absolute Gasteiger partial charge is 0.491 e. The van der Waals surface area contributed by atoms with Crippen LogP contribution in [0.2, 0.25) is 5.02 Å². The van der Waals surface area contributed by atoms with Gasteiger partial charge in [0.2, 0.25) is 0 Å². The third-order valence-electron chi connectivity index (χ3n) is 3.42. The molecule has 0 spiro atoms. The first-order valence-corrected chi connectivity index (χ1v) is 8.04. The Morgan fingerprint density at radius 2 is 1.88 bits per heavy atom. The number of hydrogen-bond acceptors (Lipinski definition) is 3. The summed E-state index contributed by atoms with van der Waals surface area (Å²) in [6.07, 6.45) is 0. The van der Waals surface area contributed by atoms with Crippen LogP contribution >= 0.6 is 11.6 Å². The van der Waals surface area contributed by atoms with Gasteiger partial charge in [-0.15, -0.1) is 0 Å². The molecule has 0 unspecified atom stereocenters. The number of carbonyl (C=O) groups excluding carboxylic acids is 1. The van der Waals surface area contributed by atoms with Gasteiger partial charge in [0.25, 0.3) is 0 Å². The molecular weight excluding hydrogens is 326 g/mol. The maximum absolute atomic E-state index is 11.8. The monoisotopic (exact) mass is 347 g/mol. The van der Waals surface area contributed by atoms with Gasteiger partial charge in [-0.2, -0.15) is 0 Å². The number of urea groups is 1. The number of nitrogens with zero attached hydrogens (tertiary/aromatic N) is 1. The molecule has 24 heavy (non-hydrogen) atoms. The van der Waals surface area contributed by atoms with Crippen LogP contribution < -0.4 is 20.3 Å². The summed E-state index contributed by atoms with van der Waals surface area (Å²) in [4.78, 5) is 13.8. The van der Waals surface area contributed by atoms with Crippen molar-refractivity contribution < 1.29 is 9.53 Å². The number of ether oxygens (including phenoxy) is 1. The van der Waals surface area contributed by atoms with E-state index in [0.29, 0.717) is 18.2 Å². The zero-order valence-electron chi connectivity index (χ0n) is 14.1. The molecule has 128 valence electrons. The summed E-state index contributed by atoms with van der Waals surface area (Å²) in [5.41, 5.74) is 2.79. The fourth-order valence-corrected chi connectivity index (χ4v) is 2.35. The maximum Gasteiger partial charge on any atom is 0.319 e. The summed E-state index contributed by atoms with van der Waals surface area (Å²) in [6.45, 7) is 2.72. The predicted molar refractivity (Wildman–Crippen MR) is 99.5 cm³/mol. The third-order valence-corrected chi connectivity index (χ3v) is 3.66. The molecule has 0 aliphatic rings. The molecule has 2 aromatic carbocycles. The van der Waals surface area contributed by atoms with Gasteiger partial charge in [0.15, 0.2) is 0 Å². The summed E-state index contributed by atoms with van der Waals surface area (Å²) in [6, 6.07) is 12.8. The zero-order valence-corrected chi connectivity index (χ0v) is 14.9. The summed E-state index contributed by atoms with van der Waals surface area (Å²) >= 11 is 5.90. The van der Waals surface area contributed by atoms with Crippen LogP contribution in [0, 0.1) is 6.92 Å². The number of hydrogen-bond donors (Lipinski definition) is 2. The highest BCUT2D eigenvalue weighted by atomic mass is 35.5. The van der Waals surface area contributed by atoms with E-state index in [-0.39, 0.29) is 6.03 Å². The molecular formula is C18H22ClN3O2. The first kappa shape index (κ1) is 17.9. The fraction of sp³-hybridized carbons (Fsp3) is 0.278. The molecule has 2 N–H and O–H groups in total. The minimum Gasteiger partial charge on any atom is -0.491 e. The van der Waals surface area contributed by atoms with Crippen molar-refractivity contribution in [3.63, 3.8) is 0 Å². The van der Waals surface area contributed by atoms with Crippen molar-refractivity contribution in [1.82, 2.24) is 5.32 Å². The van der Waals surface area contributed by atoms with Crippen molar-refractivity contribution in [1.29, 1.82) is 0 Å². The first-order valence-electron chi connectivity index (χ1n) is 7.67. The Balaban J connectivity index is 1.73. The Kier molecular flexibility index (Phi) is 6.32. The topological polar surface area (TPSA) is 53.6 Å². The van der Waals surface area contributed by atoms with E-state index in [2.05, 4.69) is 10.6 Å². The van der Waals surface area contributed by atoms with E-state index in [4.69, 9.17) is 16.3 Å². The Morgan fingerprint density at radius 3 is 2.50 bits per heavy atom. The van der Waals surface area contributed by atoms with Crippen molar-refractivity contribution >= 4 is 29.0 Å². The molecule has 0 heterocycles. The van der Waals surface area contributed by atoms with Gasteiger partial charge in [0.1, 0.15) is 12.4 Å². The number of aryl methyl sites for hydroxylation is 1. The van der Waals surface area contributed by atoms with Crippen molar-refractivity contribution in [3.8, 4) is 5.75 Å². The lowest BCUT2D eigenvalue weighted by atomic mass is 10.2. The summed E-state index contributed by atoms with van der Waals surface area (Å²) in [5.74, 6) is 0.765. The average Bonchev–Trinajstić information content (AvgIpc) is 2.53. The molecule has 0 atom stereocenters. The number of amides is 2. The Morgan fingerprint density at radius 1 is 1.17 bits per heavy atom. The smallest absolute Gasteiger partial charge is 0.319 e. The van der Waals surface area contributed by atoms with Crippen molar-refractivity contribution in [3.05, 3.63) is 53.1 Å². The maximum atomic E-state index is 11.8. The van der Waals surface area contributed by atoms with E-state index in [0.717, 1.165) is 22.7 Å². The van der Waals surface area contributed by atoms with Crippen LogP contribution in [0.5, 0.6) is 5.75 Å². The molecule has 2 amide bonds. The van der Waals surface area contributed by atoms with E-state index in [9.17, 15) is 4.79 Å². The van der Waals surface area contributed by atoms with Crippen molar-refractivity contribution in [2.75, 3.05) is 37.5 Å². The fourth-order valence-electron chi connectivity index (χ4n) is 2.12. The minimum absolute atomic E-state index is 0.260. The standard InChI is InChI=1S/C18H22ClN3O2/c1-13-12-14(19)4-9-17(13)24-11-10-20-18(23)21-15-5-7-16(8-6-15)22(2)3/h4-9,12H,10-11H2,1-3H3,(H2,20,21,23). The van der Waals surface area contributed by atoms with Gasteiger partial charge >= 0.3 is 6.03 Å². The highest BCUT2D eigenvalue weighted by Gasteiger charge is 2.03. The predicted octanol–water partition coefficient (Wildman–Crippen LogP) is 3.91. The second-order valence-corrected chi connectivity index (χ2v) is 6.02. The SMILES string of the molecule is Cc1cc(Cl)ccc1OCCNC(=O)Nc1ccc(N(C)C)cc1. The summed E-state index contributed by atoms with van der Waals surface area (Å²) in [7, 11) is 3.94. The zero-order chi connectivity index (χ0) is 17.5. The van der Waals surface area contributed by atoms with Gasteiger partial charge in [-0.3, -0.25) is 0 Å². The van der Waals surface area contributed by atoms with E-state index in [1.165, 1.54) is 0 Å². The van der Waals surface area contributed by atoms with Crippen LogP contribution in [0.3, 0.4) is 0 Å². The molecule has 0 saturated heterocycles. The molecule has 0 saturated carbocycles. The van der Waals surface area contributed by atoms with Crippen LogP contribution in [0.25, 0.3) is 0 Å². The molecule has 0 radical (unpaired) electrons. The van der Waals surface area contributed by atoms with Gasteiger partial charge in [-0.1, -0.05) is 11.6 Å². The van der Waals surface area contributed by atoms with Crippen LogP contribution in [0.4, 0.5) is 16.2 Å². The molecule has 0 aliphatic heterocycles. The van der Waals surface area contributed by atoms with E-state index < -0.39 is 0 Å². The Hall–Kier alpha value is -2.40. The van der Waals surface area contributed by atoms with Crippen LogP contribution in [-0.4, -0.2) is 33.3 Å². The Bertz CT molecular complexity index is 687. The lowest BCUT2D eigenvalue weighted by Crippen LogP contribution is -2.32. The quantitative estimate of drug-likeness (QED) is 0.779. The number of anilines is 2. The highest BCUT2D eigenvalue weighted by molar-refractivity contribution is 6.30. The molecule has 0 aliphatic carbocycles. The van der Waals surface area contributed by atoms with Crippen molar-refractivity contribution in [2.24, 2.45) is 0 Å². The van der Waals surface area contributed by atoms with E-state index in [1.54, 1.807) is 6.07 Å². The lowest BCUT2D eigenvalue weighted by Gasteiger charge is -2.13. The molecule has 6 heteroatoms. The third kappa shape index (κ3) is 5.35.